The number of hydrogen-bond donors (Lipinski definition) is 1. The minimum atomic E-state index is -0.274. The number of urea groups is 1. The van der Waals surface area contributed by atoms with Gasteiger partial charge in [-0.2, -0.15) is 0 Å². The Morgan fingerprint density at radius 2 is 1.88 bits per heavy atom. The molecule has 1 fully saturated rings. The molecule has 6 heteroatoms. The molecule has 2 rings (SSSR count). The van der Waals surface area contributed by atoms with Gasteiger partial charge in [0, 0.05) is 25.7 Å². The molecule has 1 aliphatic rings. The van der Waals surface area contributed by atoms with E-state index >= 15 is 0 Å². The Morgan fingerprint density at radius 1 is 1.28 bits per heavy atom. The van der Waals surface area contributed by atoms with E-state index in [0.717, 1.165) is 5.56 Å². The third kappa shape index (κ3) is 5.14. The largest absolute Gasteiger partial charge is 0.333 e. The first-order valence-corrected chi connectivity index (χ1v) is 9.58. The van der Waals surface area contributed by atoms with Gasteiger partial charge in [0.25, 0.3) is 0 Å². The molecule has 3 amide bonds. The first-order chi connectivity index (χ1) is 11.6. The molecule has 25 heavy (non-hydrogen) atoms. The number of thioether (sulfide) groups is 1. The zero-order valence-corrected chi connectivity index (χ0v) is 16.8. The van der Waals surface area contributed by atoms with Crippen LogP contribution in [0.25, 0.3) is 0 Å². The second kappa shape index (κ2) is 7.68. The van der Waals surface area contributed by atoms with E-state index in [1.807, 2.05) is 32.6 Å². The second-order valence-corrected chi connectivity index (χ2v) is 9.10. The molecule has 2 unspecified atom stereocenters. The van der Waals surface area contributed by atoms with E-state index in [-0.39, 0.29) is 28.1 Å². The summed E-state index contributed by atoms with van der Waals surface area (Å²) >= 11 is 1.67. The number of nitrogens with one attached hydrogen (secondary N) is 1. The van der Waals surface area contributed by atoms with Crippen molar-refractivity contribution in [2.75, 3.05) is 20.1 Å². The van der Waals surface area contributed by atoms with Crippen molar-refractivity contribution >= 4 is 23.7 Å². The van der Waals surface area contributed by atoms with E-state index in [1.165, 1.54) is 5.56 Å². The molecule has 0 spiro atoms. The highest BCUT2D eigenvalue weighted by atomic mass is 32.2. The smallest absolute Gasteiger partial charge is 0.317 e. The number of benzene rings is 1. The van der Waals surface area contributed by atoms with Crippen molar-refractivity contribution in [3.63, 3.8) is 0 Å². The van der Waals surface area contributed by atoms with Crippen LogP contribution in [-0.2, 0) is 4.79 Å². The average Bonchev–Trinajstić information content (AvgIpc) is 2.79. The van der Waals surface area contributed by atoms with E-state index < -0.39 is 0 Å². The Hall–Kier alpha value is -1.69. The van der Waals surface area contributed by atoms with Crippen LogP contribution in [0.2, 0.25) is 0 Å². The zero-order valence-electron chi connectivity index (χ0n) is 16.0. The summed E-state index contributed by atoms with van der Waals surface area (Å²) in [4.78, 5) is 28.3. The summed E-state index contributed by atoms with van der Waals surface area (Å²) in [6.07, 6.45) is 0. The molecule has 0 bridgehead atoms. The molecule has 0 aromatic heterocycles. The maximum absolute atomic E-state index is 12.6. The van der Waals surface area contributed by atoms with Crippen molar-refractivity contribution in [3.8, 4) is 0 Å². The van der Waals surface area contributed by atoms with Crippen LogP contribution in [0.5, 0.6) is 0 Å². The van der Waals surface area contributed by atoms with E-state index in [1.54, 1.807) is 23.7 Å². The Bertz CT molecular complexity index is 625. The summed E-state index contributed by atoms with van der Waals surface area (Å²) in [6.45, 7) is 10.9. The van der Waals surface area contributed by atoms with Crippen LogP contribution in [0, 0.1) is 6.92 Å². The quantitative estimate of drug-likeness (QED) is 0.892. The number of likely N-dealkylation sites (N-methyl/N-ethyl adjacent to an activating group) is 1. The highest BCUT2D eigenvalue weighted by Crippen LogP contribution is 2.42. The lowest BCUT2D eigenvalue weighted by molar-refractivity contribution is -0.129. The Balaban J connectivity index is 2.03. The Morgan fingerprint density at radius 3 is 2.44 bits per heavy atom. The van der Waals surface area contributed by atoms with Gasteiger partial charge in [-0.15, -0.1) is 11.8 Å². The molecule has 0 saturated carbocycles. The fourth-order valence-electron chi connectivity index (χ4n) is 2.67. The van der Waals surface area contributed by atoms with Crippen molar-refractivity contribution < 1.29 is 9.59 Å². The molecule has 0 radical (unpaired) electrons. The van der Waals surface area contributed by atoms with E-state index in [0.29, 0.717) is 13.1 Å². The fourth-order valence-corrected chi connectivity index (χ4v) is 3.98. The number of nitrogens with zero attached hydrogens (tertiary/aromatic N) is 2. The van der Waals surface area contributed by atoms with Crippen LogP contribution in [0.4, 0.5) is 4.79 Å². The van der Waals surface area contributed by atoms with Crippen LogP contribution in [0.3, 0.4) is 0 Å². The Kier molecular flexibility index (Phi) is 6.03. The number of carbonyl (C=O) groups excluding carboxylic acids is 2. The third-order valence-electron chi connectivity index (χ3n) is 4.11. The molecule has 1 N–H and O–H groups in total. The van der Waals surface area contributed by atoms with Gasteiger partial charge >= 0.3 is 6.03 Å². The van der Waals surface area contributed by atoms with Crippen LogP contribution < -0.4 is 5.32 Å². The van der Waals surface area contributed by atoms with Crippen molar-refractivity contribution in [3.05, 3.63) is 35.4 Å². The second-order valence-electron chi connectivity index (χ2n) is 7.67. The lowest BCUT2D eigenvalue weighted by Crippen LogP contribution is -2.49. The number of hydrogen-bond acceptors (Lipinski definition) is 3. The average molecular weight is 364 g/mol. The van der Waals surface area contributed by atoms with Gasteiger partial charge in [-0.3, -0.25) is 4.79 Å². The normalized spacial score (nSPS) is 20.7. The van der Waals surface area contributed by atoms with Gasteiger partial charge in [0.1, 0.15) is 5.37 Å². The van der Waals surface area contributed by atoms with Crippen LogP contribution in [0.1, 0.15) is 44.2 Å². The van der Waals surface area contributed by atoms with Gasteiger partial charge in [0.15, 0.2) is 0 Å². The summed E-state index contributed by atoms with van der Waals surface area (Å²) < 4.78 is 0. The van der Waals surface area contributed by atoms with Crippen molar-refractivity contribution in [1.29, 1.82) is 0 Å². The number of rotatable bonds is 4. The predicted octanol–water partition coefficient (Wildman–Crippen LogP) is 3.40. The van der Waals surface area contributed by atoms with Crippen LogP contribution in [-0.4, -0.2) is 52.7 Å². The van der Waals surface area contributed by atoms with Crippen LogP contribution >= 0.6 is 11.8 Å². The minimum absolute atomic E-state index is 0.0159. The third-order valence-corrected chi connectivity index (χ3v) is 5.51. The standard InChI is InChI=1S/C19H29N3O2S/c1-13-7-9-15(10-8-13)17-22(16(23)14(2)25-17)12-11-21(6)18(24)20-19(3,4)5/h7-10,14,17H,11-12H2,1-6H3,(H,20,24). The van der Waals surface area contributed by atoms with Gasteiger partial charge < -0.3 is 15.1 Å². The maximum atomic E-state index is 12.6. The molecule has 2 atom stereocenters. The van der Waals surface area contributed by atoms with Gasteiger partial charge in [-0.25, -0.2) is 4.79 Å². The molecule has 5 nitrogen and oxygen atoms in total. The summed E-state index contributed by atoms with van der Waals surface area (Å²) in [5.41, 5.74) is 2.07. The Labute approximate surface area is 155 Å². The van der Waals surface area contributed by atoms with Gasteiger partial charge in [-0.05, 0) is 40.2 Å². The highest BCUT2D eigenvalue weighted by molar-refractivity contribution is 8.01. The molecule has 1 heterocycles. The van der Waals surface area contributed by atoms with E-state index in [4.69, 9.17) is 0 Å². The molecule has 1 aromatic rings. The SMILES string of the molecule is Cc1ccc(C2SC(C)C(=O)N2CCN(C)C(=O)NC(C)(C)C)cc1. The van der Waals surface area contributed by atoms with Gasteiger partial charge in [0.05, 0.1) is 5.25 Å². The molecule has 1 saturated heterocycles. The minimum Gasteiger partial charge on any atom is -0.333 e. The lowest BCUT2D eigenvalue weighted by Gasteiger charge is -2.29. The molecular formula is C19H29N3O2S. The lowest BCUT2D eigenvalue weighted by atomic mass is 10.1. The van der Waals surface area contributed by atoms with E-state index in [9.17, 15) is 9.59 Å². The van der Waals surface area contributed by atoms with Crippen molar-refractivity contribution in [1.82, 2.24) is 15.1 Å². The van der Waals surface area contributed by atoms with Crippen LogP contribution in [0.15, 0.2) is 24.3 Å². The summed E-state index contributed by atoms with van der Waals surface area (Å²) in [5, 5.41) is 2.90. The monoisotopic (exact) mass is 363 g/mol. The van der Waals surface area contributed by atoms with Crippen molar-refractivity contribution in [2.45, 2.75) is 50.8 Å². The summed E-state index contributed by atoms with van der Waals surface area (Å²) in [7, 11) is 1.76. The fraction of sp³-hybridized carbons (Fsp3) is 0.579. The predicted molar refractivity (Wildman–Crippen MR) is 104 cm³/mol. The zero-order chi connectivity index (χ0) is 18.8. The number of aryl methyl sites for hydroxylation is 1. The molecule has 0 aliphatic carbocycles. The van der Waals surface area contributed by atoms with E-state index in [2.05, 4.69) is 36.5 Å². The topological polar surface area (TPSA) is 52.7 Å². The highest BCUT2D eigenvalue weighted by Gasteiger charge is 2.38. The summed E-state index contributed by atoms with van der Waals surface area (Å²) in [6, 6.07) is 8.20. The first kappa shape index (κ1) is 19.6. The maximum Gasteiger partial charge on any atom is 0.317 e. The number of amides is 3. The molecule has 1 aliphatic heterocycles. The molecule has 138 valence electrons. The summed E-state index contributed by atoms with van der Waals surface area (Å²) in [5.74, 6) is 0.139. The van der Waals surface area contributed by atoms with Gasteiger partial charge in [0.2, 0.25) is 5.91 Å². The molecule has 1 aromatic carbocycles. The number of carbonyl (C=O) groups is 2. The van der Waals surface area contributed by atoms with Crippen molar-refractivity contribution in [2.24, 2.45) is 0 Å². The first-order valence-electron chi connectivity index (χ1n) is 8.64. The molecular weight excluding hydrogens is 334 g/mol. The van der Waals surface area contributed by atoms with Gasteiger partial charge in [-0.1, -0.05) is 29.8 Å².